The minimum atomic E-state index is -0.339. The van der Waals surface area contributed by atoms with Crippen LogP contribution in [0.25, 0.3) is 0 Å². The van der Waals surface area contributed by atoms with E-state index in [2.05, 4.69) is 25.5 Å². The molecule has 0 spiro atoms. The monoisotopic (exact) mass is 410 g/mol. The molecule has 142 valence electrons. The van der Waals surface area contributed by atoms with Crippen molar-refractivity contribution in [2.75, 3.05) is 0 Å². The molecule has 0 aliphatic carbocycles. The second-order valence-electron chi connectivity index (χ2n) is 5.38. The lowest BCUT2D eigenvalue weighted by atomic mass is 10.4. The predicted octanol–water partition coefficient (Wildman–Crippen LogP) is 3.91. The molecule has 0 bridgehead atoms. The molecule has 0 atom stereocenters. The van der Waals surface area contributed by atoms with Crippen molar-refractivity contribution in [3.05, 3.63) is 90.3 Å². The lowest BCUT2D eigenvalue weighted by Gasteiger charge is -2.18. The average molecular weight is 411 g/mol. The Hall–Kier alpha value is -2.91. The van der Waals surface area contributed by atoms with E-state index in [1.54, 1.807) is 28.4 Å². The summed E-state index contributed by atoms with van der Waals surface area (Å²) >= 11 is 2.71. The van der Waals surface area contributed by atoms with Crippen molar-refractivity contribution in [3.63, 3.8) is 0 Å². The lowest BCUT2D eigenvalue weighted by molar-refractivity contribution is 0.239. The van der Waals surface area contributed by atoms with Crippen LogP contribution in [0.3, 0.4) is 0 Å². The lowest BCUT2D eigenvalue weighted by Crippen LogP contribution is -2.28. The first-order valence-electron chi connectivity index (χ1n) is 8.41. The van der Waals surface area contributed by atoms with Gasteiger partial charge in [-0.1, -0.05) is 18.2 Å². The second-order valence-corrected chi connectivity index (χ2v) is 7.43. The van der Waals surface area contributed by atoms with Crippen molar-refractivity contribution in [1.29, 1.82) is 0 Å². The van der Waals surface area contributed by atoms with Crippen LogP contribution in [-0.2, 0) is 11.5 Å². The van der Waals surface area contributed by atoms with Gasteiger partial charge in [0, 0.05) is 18.6 Å². The van der Waals surface area contributed by atoms with E-state index in [1.807, 2.05) is 48.5 Å². The highest BCUT2D eigenvalue weighted by Crippen LogP contribution is 2.27. The Kier molecular flexibility index (Phi) is 7.83. The van der Waals surface area contributed by atoms with Crippen LogP contribution in [0.4, 0.5) is 4.79 Å². The summed E-state index contributed by atoms with van der Waals surface area (Å²) in [6, 6.07) is 16.6. The normalized spacial score (nSPS) is 10.7. The molecule has 0 aliphatic heterocycles. The summed E-state index contributed by atoms with van der Waals surface area (Å²) in [5.74, 6) is 1.13. The van der Waals surface area contributed by atoms with Gasteiger partial charge in [0.1, 0.15) is 0 Å². The third-order valence-corrected chi connectivity index (χ3v) is 5.61. The second kappa shape index (κ2) is 11.1. The molecular formula is C19H18N6OS2. The number of hydrazone groups is 1. The molecule has 3 aromatic heterocycles. The minimum absolute atomic E-state index is 0.339. The van der Waals surface area contributed by atoms with Gasteiger partial charge in [-0.25, -0.2) is 13.9 Å². The van der Waals surface area contributed by atoms with Crippen LogP contribution in [0.15, 0.2) is 78.3 Å². The molecule has 0 fully saturated rings. The Bertz CT molecular complexity index is 837. The predicted molar refractivity (Wildman–Crippen MR) is 113 cm³/mol. The molecule has 28 heavy (non-hydrogen) atoms. The molecule has 3 heterocycles. The zero-order chi connectivity index (χ0) is 19.4. The Morgan fingerprint density at radius 3 is 1.96 bits per heavy atom. The number of amides is 2. The summed E-state index contributed by atoms with van der Waals surface area (Å²) in [7, 11) is 0. The summed E-state index contributed by atoms with van der Waals surface area (Å²) < 4.78 is 1.55. The fourth-order valence-electron chi connectivity index (χ4n) is 2.02. The maximum Gasteiger partial charge on any atom is 0.358 e. The van der Waals surface area contributed by atoms with Crippen molar-refractivity contribution in [2.45, 2.75) is 11.5 Å². The number of nitrogens with one attached hydrogen (secondary N) is 1. The first-order valence-corrected chi connectivity index (χ1v) is 10.3. The molecular weight excluding hydrogens is 392 g/mol. The average Bonchev–Trinajstić information content (AvgIpc) is 2.76. The van der Waals surface area contributed by atoms with Gasteiger partial charge in [0.05, 0.1) is 34.8 Å². The van der Waals surface area contributed by atoms with E-state index < -0.39 is 0 Å². The van der Waals surface area contributed by atoms with E-state index in [1.165, 1.54) is 30.1 Å². The van der Waals surface area contributed by atoms with E-state index in [-0.39, 0.29) is 6.03 Å². The van der Waals surface area contributed by atoms with Gasteiger partial charge in [-0.15, -0.1) is 0 Å². The number of carbonyl (C=O) groups is 1. The van der Waals surface area contributed by atoms with Crippen LogP contribution >= 0.6 is 23.9 Å². The van der Waals surface area contributed by atoms with Crippen LogP contribution in [0.1, 0.15) is 17.1 Å². The van der Waals surface area contributed by atoms with Crippen LogP contribution < -0.4 is 5.43 Å². The number of rotatable bonds is 8. The number of urea groups is 1. The Morgan fingerprint density at radius 2 is 1.46 bits per heavy atom. The summed E-state index contributed by atoms with van der Waals surface area (Å²) in [6.45, 7) is 0. The van der Waals surface area contributed by atoms with Gasteiger partial charge in [0.15, 0.2) is 0 Å². The van der Waals surface area contributed by atoms with Gasteiger partial charge < -0.3 is 0 Å². The molecule has 2 amide bonds. The molecule has 1 N–H and O–H groups in total. The van der Waals surface area contributed by atoms with E-state index in [0.29, 0.717) is 17.2 Å². The van der Waals surface area contributed by atoms with Crippen molar-refractivity contribution >= 4 is 36.1 Å². The molecule has 9 heteroatoms. The zero-order valence-electron chi connectivity index (χ0n) is 14.9. The quantitative estimate of drug-likeness (QED) is 0.344. The van der Waals surface area contributed by atoms with Crippen LogP contribution in [0.2, 0.25) is 0 Å². The van der Waals surface area contributed by atoms with Gasteiger partial charge in [-0.3, -0.25) is 15.0 Å². The smallest absolute Gasteiger partial charge is 0.260 e. The van der Waals surface area contributed by atoms with E-state index in [9.17, 15) is 4.79 Å². The number of hydrogen-bond donors (Lipinski definition) is 1. The van der Waals surface area contributed by atoms with Gasteiger partial charge in [-0.2, -0.15) is 5.10 Å². The number of aromatic nitrogens is 3. The minimum Gasteiger partial charge on any atom is -0.260 e. The molecule has 0 saturated carbocycles. The number of carbonyl (C=O) groups excluding carboxylic acids is 1. The summed E-state index contributed by atoms with van der Waals surface area (Å²) in [6.07, 6.45) is 6.64. The molecule has 3 rings (SSSR count). The molecule has 3 aromatic rings. The molecule has 0 unspecified atom stereocenters. The van der Waals surface area contributed by atoms with E-state index in [0.717, 1.165) is 11.4 Å². The van der Waals surface area contributed by atoms with Gasteiger partial charge in [0.2, 0.25) is 0 Å². The highest BCUT2D eigenvalue weighted by molar-refractivity contribution is 8.12. The van der Waals surface area contributed by atoms with Crippen molar-refractivity contribution in [2.24, 2.45) is 5.10 Å². The van der Waals surface area contributed by atoms with Crippen molar-refractivity contribution < 1.29 is 4.79 Å². The van der Waals surface area contributed by atoms with Gasteiger partial charge in [0.25, 0.3) is 0 Å². The molecule has 0 aromatic carbocycles. The highest BCUT2D eigenvalue weighted by Gasteiger charge is 2.16. The first-order chi connectivity index (χ1) is 13.8. The van der Waals surface area contributed by atoms with E-state index >= 15 is 0 Å². The number of nitrogens with zero attached hydrogens (tertiary/aromatic N) is 5. The zero-order valence-corrected chi connectivity index (χ0v) is 16.5. The van der Waals surface area contributed by atoms with Crippen molar-refractivity contribution in [1.82, 2.24) is 24.1 Å². The standard InChI is InChI=1S/C19H18N6OS2/c26-19(24-23-13-16-7-1-4-10-20-16)25(27-14-17-8-2-5-11-21-17)28-15-18-9-3-6-12-22-18/h1-13H,14-15H2,(H,24,26)/b23-13+. The molecule has 0 aliphatic rings. The van der Waals surface area contributed by atoms with Crippen LogP contribution in [0.5, 0.6) is 0 Å². The maximum absolute atomic E-state index is 12.6. The van der Waals surface area contributed by atoms with Crippen LogP contribution in [0, 0.1) is 0 Å². The van der Waals surface area contributed by atoms with E-state index in [4.69, 9.17) is 0 Å². The third-order valence-electron chi connectivity index (χ3n) is 3.32. The fraction of sp³-hybridized carbons (Fsp3) is 0.105. The molecule has 7 nitrogen and oxygen atoms in total. The summed E-state index contributed by atoms with van der Waals surface area (Å²) in [5, 5.41) is 3.99. The third kappa shape index (κ3) is 6.67. The maximum atomic E-state index is 12.6. The van der Waals surface area contributed by atoms with Crippen LogP contribution in [-0.4, -0.2) is 30.9 Å². The number of hydrogen-bond acceptors (Lipinski definition) is 7. The highest BCUT2D eigenvalue weighted by atomic mass is 32.2. The Balaban J connectivity index is 1.60. The fourth-order valence-corrected chi connectivity index (χ4v) is 3.79. The molecule has 0 radical (unpaired) electrons. The van der Waals surface area contributed by atoms with Gasteiger partial charge >= 0.3 is 6.03 Å². The molecule has 0 saturated heterocycles. The summed E-state index contributed by atoms with van der Waals surface area (Å²) in [5.41, 5.74) is 4.98. The largest absolute Gasteiger partial charge is 0.358 e. The topological polar surface area (TPSA) is 83.4 Å². The van der Waals surface area contributed by atoms with Gasteiger partial charge in [-0.05, 0) is 60.3 Å². The van der Waals surface area contributed by atoms with Crippen molar-refractivity contribution in [3.8, 4) is 0 Å². The first kappa shape index (κ1) is 19.8. The Labute approximate surface area is 172 Å². The SMILES string of the molecule is O=C(N/N=C/c1ccccn1)N(SCc1ccccn1)SCc1ccccn1. The number of pyridine rings is 3. The Morgan fingerprint density at radius 1 is 0.893 bits per heavy atom. The summed E-state index contributed by atoms with van der Waals surface area (Å²) in [4.78, 5) is 25.3.